The number of benzene rings is 1. The molecule has 1 aromatic carbocycles. The molecule has 3 rings (SSSR count). The second-order valence-corrected chi connectivity index (χ2v) is 5.85. The summed E-state index contributed by atoms with van der Waals surface area (Å²) in [6.45, 7) is 0. The van der Waals surface area contributed by atoms with Gasteiger partial charge >= 0.3 is 6.18 Å². The highest BCUT2D eigenvalue weighted by Gasteiger charge is 2.38. The van der Waals surface area contributed by atoms with Crippen LogP contribution in [-0.2, 0) is 24.8 Å². The van der Waals surface area contributed by atoms with E-state index in [0.29, 0.717) is 24.3 Å². The molecule has 0 aliphatic heterocycles. The number of thioether (sulfide) groups is 1. The first-order valence-electron chi connectivity index (χ1n) is 6.68. The number of halogens is 3. The lowest BCUT2D eigenvalue weighted by Gasteiger charge is -2.12. The Kier molecular flexibility index (Phi) is 3.89. The standard InChI is InChI=1S/C15H13F3N2S/c16-15(17,18)13-11-7-4-8-12(11)19-14(20-13)21-9-10-5-2-1-3-6-10/h1-3,5-6H,4,7-9H2. The van der Waals surface area contributed by atoms with Crippen LogP contribution < -0.4 is 0 Å². The van der Waals surface area contributed by atoms with Crippen molar-refractivity contribution in [1.29, 1.82) is 0 Å². The summed E-state index contributed by atoms with van der Waals surface area (Å²) in [4.78, 5) is 8.05. The molecule has 0 spiro atoms. The minimum Gasteiger partial charge on any atom is -0.227 e. The molecule has 0 saturated carbocycles. The fourth-order valence-corrected chi connectivity index (χ4v) is 3.25. The largest absolute Gasteiger partial charge is 0.433 e. The van der Waals surface area contributed by atoms with Crippen molar-refractivity contribution >= 4 is 11.8 Å². The number of hydrogen-bond donors (Lipinski definition) is 0. The van der Waals surface area contributed by atoms with Crippen molar-refractivity contribution in [2.45, 2.75) is 36.3 Å². The molecule has 0 amide bonds. The first-order valence-corrected chi connectivity index (χ1v) is 7.66. The third kappa shape index (κ3) is 3.20. The van der Waals surface area contributed by atoms with E-state index in [2.05, 4.69) is 9.97 Å². The smallest absolute Gasteiger partial charge is 0.227 e. The Morgan fingerprint density at radius 3 is 2.52 bits per heavy atom. The fourth-order valence-electron chi connectivity index (χ4n) is 2.43. The van der Waals surface area contributed by atoms with Crippen LogP contribution >= 0.6 is 11.8 Å². The molecule has 0 radical (unpaired) electrons. The second-order valence-electron chi connectivity index (χ2n) is 4.91. The van der Waals surface area contributed by atoms with E-state index in [-0.39, 0.29) is 10.7 Å². The SMILES string of the molecule is FC(F)(F)c1nc(SCc2ccccc2)nc2c1CCC2. The highest BCUT2D eigenvalue weighted by molar-refractivity contribution is 7.98. The summed E-state index contributed by atoms with van der Waals surface area (Å²) in [6.07, 6.45) is -2.65. The molecule has 0 unspecified atom stereocenters. The minimum absolute atomic E-state index is 0.215. The first kappa shape index (κ1) is 14.4. The summed E-state index contributed by atoms with van der Waals surface area (Å²) in [5.74, 6) is 0.566. The highest BCUT2D eigenvalue weighted by atomic mass is 32.2. The Balaban J connectivity index is 1.86. The average molecular weight is 310 g/mol. The van der Waals surface area contributed by atoms with E-state index in [1.165, 1.54) is 11.8 Å². The second kappa shape index (κ2) is 5.67. The van der Waals surface area contributed by atoms with Gasteiger partial charge in [-0.15, -0.1) is 0 Å². The molecule has 0 N–H and O–H groups in total. The molecule has 1 heterocycles. The number of aryl methyl sites for hydroxylation is 1. The van der Waals surface area contributed by atoms with Crippen LogP contribution in [0.3, 0.4) is 0 Å². The Bertz CT molecular complexity index is 641. The van der Waals surface area contributed by atoms with Gasteiger partial charge in [0.2, 0.25) is 0 Å². The number of hydrogen-bond acceptors (Lipinski definition) is 3. The lowest BCUT2D eigenvalue weighted by Crippen LogP contribution is -2.14. The van der Waals surface area contributed by atoms with Crippen LogP contribution in [0, 0.1) is 0 Å². The van der Waals surface area contributed by atoms with Crippen molar-refractivity contribution in [2.75, 3.05) is 0 Å². The number of alkyl halides is 3. The number of fused-ring (bicyclic) bond motifs is 1. The summed E-state index contributed by atoms with van der Waals surface area (Å²) in [7, 11) is 0. The number of rotatable bonds is 3. The van der Waals surface area contributed by atoms with Gasteiger partial charge in [0.05, 0.1) is 0 Å². The summed E-state index contributed by atoms with van der Waals surface area (Å²) in [5.41, 5.74) is 1.14. The zero-order valence-electron chi connectivity index (χ0n) is 11.2. The lowest BCUT2D eigenvalue weighted by atomic mass is 10.2. The highest BCUT2D eigenvalue weighted by Crippen LogP contribution is 2.36. The maximum atomic E-state index is 13.1. The van der Waals surface area contributed by atoms with E-state index >= 15 is 0 Å². The van der Waals surface area contributed by atoms with Crippen LogP contribution in [-0.4, -0.2) is 9.97 Å². The van der Waals surface area contributed by atoms with Gasteiger partial charge in [0, 0.05) is 17.0 Å². The quantitative estimate of drug-likeness (QED) is 0.625. The Morgan fingerprint density at radius 1 is 1.05 bits per heavy atom. The maximum Gasteiger partial charge on any atom is 0.433 e. The van der Waals surface area contributed by atoms with Crippen molar-refractivity contribution in [1.82, 2.24) is 9.97 Å². The predicted octanol–water partition coefficient (Wildman–Crippen LogP) is 4.28. The predicted molar refractivity (Wildman–Crippen MR) is 75.1 cm³/mol. The van der Waals surface area contributed by atoms with Crippen LogP contribution in [0.15, 0.2) is 35.5 Å². The summed E-state index contributed by atoms with van der Waals surface area (Å²) >= 11 is 1.25. The molecule has 2 nitrogen and oxygen atoms in total. The van der Waals surface area contributed by atoms with Crippen molar-refractivity contribution in [3.63, 3.8) is 0 Å². The van der Waals surface area contributed by atoms with Gasteiger partial charge in [0.25, 0.3) is 0 Å². The van der Waals surface area contributed by atoms with Crippen molar-refractivity contribution in [3.8, 4) is 0 Å². The molecule has 21 heavy (non-hydrogen) atoms. The minimum atomic E-state index is -4.40. The van der Waals surface area contributed by atoms with Crippen LogP contribution in [0.5, 0.6) is 0 Å². The van der Waals surface area contributed by atoms with E-state index in [1.807, 2.05) is 30.3 Å². The normalized spacial score (nSPS) is 14.2. The van der Waals surface area contributed by atoms with Crippen LogP contribution in [0.1, 0.15) is 28.9 Å². The topological polar surface area (TPSA) is 25.8 Å². The van der Waals surface area contributed by atoms with Gasteiger partial charge < -0.3 is 0 Å². The average Bonchev–Trinajstić information content (AvgIpc) is 2.92. The maximum absolute atomic E-state index is 13.1. The van der Waals surface area contributed by atoms with Crippen LogP contribution in [0.4, 0.5) is 13.2 Å². The molecule has 0 saturated heterocycles. The fraction of sp³-hybridized carbons (Fsp3) is 0.333. The molecule has 2 aromatic rings. The van der Waals surface area contributed by atoms with Gasteiger partial charge in [0.1, 0.15) is 0 Å². The zero-order chi connectivity index (χ0) is 14.9. The number of nitrogens with zero attached hydrogens (tertiary/aromatic N) is 2. The van der Waals surface area contributed by atoms with Gasteiger partial charge in [-0.2, -0.15) is 13.2 Å². The van der Waals surface area contributed by atoms with Gasteiger partial charge in [0.15, 0.2) is 10.9 Å². The Morgan fingerprint density at radius 2 is 1.81 bits per heavy atom. The third-order valence-corrected chi connectivity index (χ3v) is 4.31. The molecule has 0 fully saturated rings. The third-order valence-electron chi connectivity index (χ3n) is 3.39. The molecule has 6 heteroatoms. The number of aromatic nitrogens is 2. The van der Waals surface area contributed by atoms with Crippen molar-refractivity contribution in [3.05, 3.63) is 52.8 Å². The van der Waals surface area contributed by atoms with Gasteiger partial charge in [-0.1, -0.05) is 42.1 Å². The summed E-state index contributed by atoms with van der Waals surface area (Å²) in [6, 6.07) is 9.58. The molecular formula is C15H13F3N2S. The van der Waals surface area contributed by atoms with E-state index in [0.717, 1.165) is 12.0 Å². The zero-order valence-corrected chi connectivity index (χ0v) is 12.0. The molecule has 0 bridgehead atoms. The molecular weight excluding hydrogens is 297 g/mol. The monoisotopic (exact) mass is 310 g/mol. The Hall–Kier alpha value is -1.56. The molecule has 1 aliphatic carbocycles. The van der Waals surface area contributed by atoms with Gasteiger partial charge in [-0.3, -0.25) is 0 Å². The van der Waals surface area contributed by atoms with Crippen LogP contribution in [0.25, 0.3) is 0 Å². The van der Waals surface area contributed by atoms with Gasteiger partial charge in [-0.05, 0) is 24.8 Å². The summed E-state index contributed by atoms with van der Waals surface area (Å²) < 4.78 is 39.3. The first-order chi connectivity index (χ1) is 10.0. The van der Waals surface area contributed by atoms with E-state index in [1.54, 1.807) is 0 Å². The molecule has 1 aromatic heterocycles. The summed E-state index contributed by atoms with van der Waals surface area (Å²) in [5, 5.41) is 0.215. The molecule has 1 aliphatic rings. The van der Waals surface area contributed by atoms with E-state index in [9.17, 15) is 13.2 Å². The van der Waals surface area contributed by atoms with E-state index in [4.69, 9.17) is 0 Å². The Labute approximate surface area is 124 Å². The van der Waals surface area contributed by atoms with Gasteiger partial charge in [-0.25, -0.2) is 9.97 Å². The lowest BCUT2D eigenvalue weighted by molar-refractivity contribution is -0.142. The van der Waals surface area contributed by atoms with E-state index < -0.39 is 11.9 Å². The molecule has 110 valence electrons. The molecule has 0 atom stereocenters. The van der Waals surface area contributed by atoms with Crippen molar-refractivity contribution in [2.24, 2.45) is 0 Å². The van der Waals surface area contributed by atoms with Crippen LogP contribution in [0.2, 0.25) is 0 Å². The van der Waals surface area contributed by atoms with Crippen molar-refractivity contribution < 1.29 is 13.2 Å².